The van der Waals surface area contributed by atoms with Gasteiger partial charge in [-0.3, -0.25) is 10.1 Å². The molecule has 0 aromatic heterocycles. The van der Waals surface area contributed by atoms with Gasteiger partial charge in [0.15, 0.2) is 0 Å². The summed E-state index contributed by atoms with van der Waals surface area (Å²) in [5, 5.41) is 14.6. The predicted molar refractivity (Wildman–Crippen MR) is 61.7 cm³/mol. The van der Waals surface area contributed by atoms with E-state index in [1.54, 1.807) is 12.1 Å². The molecule has 0 aliphatic rings. The van der Waals surface area contributed by atoms with Gasteiger partial charge in [-0.1, -0.05) is 31.1 Å². The third-order valence-corrected chi connectivity index (χ3v) is 2.15. The second-order valence-corrected chi connectivity index (χ2v) is 3.18. The Balaban J connectivity index is 2.89. The van der Waals surface area contributed by atoms with E-state index in [-0.39, 0.29) is 11.4 Å². The SMILES string of the molecule is CCC(CC)=NOc1ccccc1[N+](=O)[O-]. The third-order valence-electron chi connectivity index (χ3n) is 2.15. The van der Waals surface area contributed by atoms with E-state index in [1.807, 2.05) is 13.8 Å². The molecular weight excluding hydrogens is 208 g/mol. The van der Waals surface area contributed by atoms with Gasteiger partial charge in [-0.2, -0.15) is 0 Å². The molecule has 0 N–H and O–H groups in total. The molecule has 0 heterocycles. The molecule has 5 nitrogen and oxygen atoms in total. The van der Waals surface area contributed by atoms with Crippen molar-refractivity contribution in [1.82, 2.24) is 0 Å². The van der Waals surface area contributed by atoms with E-state index >= 15 is 0 Å². The van der Waals surface area contributed by atoms with Crippen LogP contribution in [0.15, 0.2) is 29.4 Å². The van der Waals surface area contributed by atoms with E-state index < -0.39 is 4.92 Å². The van der Waals surface area contributed by atoms with Crippen LogP contribution in [0.25, 0.3) is 0 Å². The lowest BCUT2D eigenvalue weighted by Gasteiger charge is -2.02. The van der Waals surface area contributed by atoms with Crippen molar-refractivity contribution in [3.63, 3.8) is 0 Å². The second kappa shape index (κ2) is 5.85. The Bertz CT molecular complexity index is 396. The number of nitro benzene ring substituents is 1. The summed E-state index contributed by atoms with van der Waals surface area (Å²) in [6.07, 6.45) is 1.55. The summed E-state index contributed by atoms with van der Waals surface area (Å²) in [7, 11) is 0. The molecule has 0 fully saturated rings. The van der Waals surface area contributed by atoms with E-state index in [1.165, 1.54) is 12.1 Å². The summed E-state index contributed by atoms with van der Waals surface area (Å²) < 4.78 is 0. The maximum Gasteiger partial charge on any atom is 0.314 e. The molecule has 0 saturated heterocycles. The lowest BCUT2D eigenvalue weighted by molar-refractivity contribution is -0.385. The van der Waals surface area contributed by atoms with E-state index in [9.17, 15) is 10.1 Å². The first-order valence-electron chi connectivity index (χ1n) is 5.15. The number of hydrogen-bond donors (Lipinski definition) is 0. The molecule has 0 aliphatic heterocycles. The van der Waals surface area contributed by atoms with E-state index in [4.69, 9.17) is 4.84 Å². The van der Waals surface area contributed by atoms with Gasteiger partial charge in [-0.15, -0.1) is 0 Å². The topological polar surface area (TPSA) is 64.7 Å². The highest BCUT2D eigenvalue weighted by atomic mass is 16.6. The van der Waals surface area contributed by atoms with E-state index in [0.717, 1.165) is 18.6 Å². The Kier molecular flexibility index (Phi) is 4.44. The van der Waals surface area contributed by atoms with Gasteiger partial charge in [-0.25, -0.2) is 0 Å². The number of para-hydroxylation sites is 2. The average molecular weight is 222 g/mol. The minimum atomic E-state index is -0.484. The van der Waals surface area contributed by atoms with Gasteiger partial charge in [0.1, 0.15) is 0 Å². The van der Waals surface area contributed by atoms with Crippen LogP contribution >= 0.6 is 0 Å². The van der Waals surface area contributed by atoms with Crippen molar-refractivity contribution >= 4 is 11.4 Å². The zero-order valence-corrected chi connectivity index (χ0v) is 9.34. The Hall–Kier alpha value is -1.91. The largest absolute Gasteiger partial charge is 0.350 e. The highest BCUT2D eigenvalue weighted by Crippen LogP contribution is 2.25. The van der Waals surface area contributed by atoms with Crippen molar-refractivity contribution in [3.05, 3.63) is 34.4 Å². The molecule has 0 amide bonds. The van der Waals surface area contributed by atoms with Crippen molar-refractivity contribution in [3.8, 4) is 5.75 Å². The maximum atomic E-state index is 10.7. The number of oxime groups is 1. The summed E-state index contributed by atoms with van der Waals surface area (Å²) in [6, 6.07) is 6.19. The molecule has 1 rings (SSSR count). The average Bonchev–Trinajstić information content (AvgIpc) is 2.30. The fraction of sp³-hybridized carbons (Fsp3) is 0.364. The molecule has 1 aromatic rings. The number of nitro groups is 1. The van der Waals surface area contributed by atoms with Crippen LogP contribution in [-0.2, 0) is 0 Å². The molecule has 0 radical (unpaired) electrons. The van der Waals surface area contributed by atoms with Crippen LogP contribution in [-0.4, -0.2) is 10.6 Å². The Morgan fingerprint density at radius 1 is 1.38 bits per heavy atom. The lowest BCUT2D eigenvalue weighted by Crippen LogP contribution is -1.98. The van der Waals surface area contributed by atoms with Crippen LogP contribution in [0.5, 0.6) is 5.75 Å². The Morgan fingerprint density at radius 3 is 2.56 bits per heavy atom. The molecule has 16 heavy (non-hydrogen) atoms. The van der Waals surface area contributed by atoms with Crippen LogP contribution in [0.2, 0.25) is 0 Å². The van der Waals surface area contributed by atoms with Gasteiger partial charge in [0.05, 0.1) is 10.6 Å². The zero-order valence-electron chi connectivity index (χ0n) is 9.34. The zero-order chi connectivity index (χ0) is 12.0. The molecular formula is C11H14N2O3. The van der Waals surface area contributed by atoms with Gasteiger partial charge < -0.3 is 4.84 Å². The molecule has 0 saturated carbocycles. The fourth-order valence-corrected chi connectivity index (χ4v) is 1.18. The summed E-state index contributed by atoms with van der Waals surface area (Å²) >= 11 is 0. The summed E-state index contributed by atoms with van der Waals surface area (Å²) in [5.41, 5.74) is 0.802. The van der Waals surface area contributed by atoms with Crippen LogP contribution in [0.4, 0.5) is 5.69 Å². The molecule has 0 unspecified atom stereocenters. The van der Waals surface area contributed by atoms with Crippen molar-refractivity contribution in [2.24, 2.45) is 5.16 Å². The number of nitrogens with zero attached hydrogens (tertiary/aromatic N) is 2. The van der Waals surface area contributed by atoms with E-state index in [0.29, 0.717) is 0 Å². The van der Waals surface area contributed by atoms with Crippen molar-refractivity contribution in [2.75, 3.05) is 0 Å². The van der Waals surface area contributed by atoms with Gasteiger partial charge in [0.2, 0.25) is 5.75 Å². The van der Waals surface area contributed by atoms with Crippen molar-refractivity contribution in [1.29, 1.82) is 0 Å². The standard InChI is InChI=1S/C11H14N2O3/c1-3-9(4-2)12-16-11-8-6-5-7-10(11)13(14)15/h5-8H,3-4H2,1-2H3. The van der Waals surface area contributed by atoms with Crippen LogP contribution < -0.4 is 4.84 Å². The van der Waals surface area contributed by atoms with Crippen LogP contribution in [0.1, 0.15) is 26.7 Å². The molecule has 0 spiro atoms. The molecule has 0 atom stereocenters. The van der Waals surface area contributed by atoms with Gasteiger partial charge in [0.25, 0.3) is 0 Å². The van der Waals surface area contributed by atoms with Crippen LogP contribution in [0.3, 0.4) is 0 Å². The van der Waals surface area contributed by atoms with Crippen LogP contribution in [0, 0.1) is 10.1 Å². The number of rotatable bonds is 5. The fourth-order valence-electron chi connectivity index (χ4n) is 1.18. The quantitative estimate of drug-likeness (QED) is 0.436. The Morgan fingerprint density at radius 2 is 2.00 bits per heavy atom. The molecule has 0 aliphatic carbocycles. The van der Waals surface area contributed by atoms with E-state index in [2.05, 4.69) is 5.16 Å². The number of hydrogen-bond acceptors (Lipinski definition) is 4. The minimum Gasteiger partial charge on any atom is -0.350 e. The Labute approximate surface area is 93.9 Å². The third kappa shape index (κ3) is 3.05. The molecule has 5 heteroatoms. The normalized spacial score (nSPS) is 9.62. The first-order valence-corrected chi connectivity index (χ1v) is 5.15. The first kappa shape index (κ1) is 12.2. The number of benzene rings is 1. The summed E-state index contributed by atoms with van der Waals surface area (Å²) in [5.74, 6) is 0.173. The monoisotopic (exact) mass is 222 g/mol. The molecule has 0 bridgehead atoms. The van der Waals surface area contributed by atoms with Crippen molar-refractivity contribution in [2.45, 2.75) is 26.7 Å². The highest BCUT2D eigenvalue weighted by Gasteiger charge is 2.13. The first-order chi connectivity index (χ1) is 7.69. The van der Waals surface area contributed by atoms with Crippen molar-refractivity contribution < 1.29 is 9.76 Å². The highest BCUT2D eigenvalue weighted by molar-refractivity contribution is 5.83. The second-order valence-electron chi connectivity index (χ2n) is 3.18. The van der Waals surface area contributed by atoms with Gasteiger partial charge in [0, 0.05) is 6.07 Å². The van der Waals surface area contributed by atoms with Gasteiger partial charge >= 0.3 is 5.69 Å². The predicted octanol–water partition coefficient (Wildman–Crippen LogP) is 3.15. The minimum absolute atomic E-state index is 0.0715. The summed E-state index contributed by atoms with van der Waals surface area (Å²) in [6.45, 7) is 3.93. The maximum absolute atomic E-state index is 10.7. The lowest BCUT2D eigenvalue weighted by atomic mass is 10.2. The van der Waals surface area contributed by atoms with Gasteiger partial charge in [-0.05, 0) is 18.9 Å². The summed E-state index contributed by atoms with van der Waals surface area (Å²) in [4.78, 5) is 15.3. The molecule has 1 aromatic carbocycles. The molecule has 86 valence electrons. The smallest absolute Gasteiger partial charge is 0.314 e.